The number of hydrogen-bond acceptors (Lipinski definition) is 3. The molecule has 4 atom stereocenters. The van der Waals surface area contributed by atoms with Crippen molar-refractivity contribution in [2.45, 2.75) is 69.2 Å². The molecule has 1 saturated heterocycles. The fraction of sp³-hybridized carbons (Fsp3) is 1.00. The first kappa shape index (κ1) is 11.0. The number of rotatable bonds is 1. The van der Waals surface area contributed by atoms with Crippen molar-refractivity contribution >= 4 is 0 Å². The van der Waals surface area contributed by atoms with Gasteiger partial charge in [0, 0.05) is 18.6 Å². The minimum absolute atomic E-state index is 0.0827. The van der Waals surface area contributed by atoms with Crippen molar-refractivity contribution in [1.29, 1.82) is 0 Å². The molecule has 0 aromatic heterocycles. The second-order valence-electron chi connectivity index (χ2n) is 5.56. The number of aliphatic hydroxyl groups is 1. The summed E-state index contributed by atoms with van der Waals surface area (Å²) in [7, 11) is 0. The van der Waals surface area contributed by atoms with Gasteiger partial charge in [0.25, 0.3) is 0 Å². The van der Waals surface area contributed by atoms with Crippen LogP contribution in [0.15, 0.2) is 0 Å². The summed E-state index contributed by atoms with van der Waals surface area (Å²) < 4.78 is 5.88. The Bertz CT molecular complexity index is 244. The summed E-state index contributed by atoms with van der Waals surface area (Å²) in [5.41, 5.74) is 0. The highest BCUT2D eigenvalue weighted by Crippen LogP contribution is 2.34. The van der Waals surface area contributed by atoms with Crippen LogP contribution in [0.3, 0.4) is 0 Å². The van der Waals surface area contributed by atoms with E-state index in [1.807, 2.05) is 0 Å². The first-order chi connectivity index (χ1) is 7.86. The van der Waals surface area contributed by atoms with E-state index in [0.29, 0.717) is 18.2 Å². The minimum atomic E-state index is -0.0827. The molecule has 1 heterocycles. The zero-order valence-electron chi connectivity index (χ0n) is 9.98. The maximum atomic E-state index is 10.0. The second kappa shape index (κ2) is 4.63. The number of ether oxygens (including phenoxy) is 1. The van der Waals surface area contributed by atoms with E-state index in [2.05, 4.69) is 4.90 Å². The van der Waals surface area contributed by atoms with E-state index in [4.69, 9.17) is 4.74 Å². The molecule has 2 saturated carbocycles. The van der Waals surface area contributed by atoms with Crippen molar-refractivity contribution in [2.24, 2.45) is 0 Å². The Morgan fingerprint density at radius 2 is 1.75 bits per heavy atom. The zero-order valence-corrected chi connectivity index (χ0v) is 9.98. The van der Waals surface area contributed by atoms with Crippen LogP contribution in [0.25, 0.3) is 0 Å². The molecular weight excluding hydrogens is 202 g/mol. The molecule has 3 heteroatoms. The fourth-order valence-corrected chi connectivity index (χ4v) is 3.85. The predicted octanol–water partition coefficient (Wildman–Crippen LogP) is 1.54. The van der Waals surface area contributed by atoms with Gasteiger partial charge in [0.15, 0.2) is 0 Å². The predicted molar refractivity (Wildman–Crippen MR) is 62.3 cm³/mol. The minimum Gasteiger partial charge on any atom is -0.391 e. The summed E-state index contributed by atoms with van der Waals surface area (Å²) in [5, 5.41) is 10.0. The number of aliphatic hydroxyl groups excluding tert-OH is 1. The molecule has 3 fully saturated rings. The quantitative estimate of drug-likeness (QED) is 0.735. The van der Waals surface area contributed by atoms with E-state index < -0.39 is 0 Å². The Morgan fingerprint density at radius 1 is 0.938 bits per heavy atom. The molecule has 4 unspecified atom stereocenters. The zero-order chi connectivity index (χ0) is 11.0. The van der Waals surface area contributed by atoms with E-state index >= 15 is 0 Å². The Labute approximate surface area is 97.8 Å². The lowest BCUT2D eigenvalue weighted by Gasteiger charge is -2.47. The van der Waals surface area contributed by atoms with Gasteiger partial charge in [-0.25, -0.2) is 0 Å². The van der Waals surface area contributed by atoms with Gasteiger partial charge in [-0.1, -0.05) is 12.8 Å². The average Bonchev–Trinajstić information content (AvgIpc) is 2.75. The molecule has 0 radical (unpaired) electrons. The fourth-order valence-electron chi connectivity index (χ4n) is 3.85. The molecule has 0 spiro atoms. The number of fused-ring (bicyclic) bond motifs is 1. The molecule has 2 aliphatic carbocycles. The molecule has 16 heavy (non-hydrogen) atoms. The van der Waals surface area contributed by atoms with Gasteiger partial charge in [-0.05, 0) is 32.1 Å². The third-order valence-electron chi connectivity index (χ3n) is 4.65. The van der Waals surface area contributed by atoms with E-state index in [1.54, 1.807) is 0 Å². The van der Waals surface area contributed by atoms with Crippen LogP contribution in [0.2, 0.25) is 0 Å². The van der Waals surface area contributed by atoms with Gasteiger partial charge in [0.1, 0.15) is 0 Å². The van der Waals surface area contributed by atoms with E-state index in [1.165, 1.54) is 38.5 Å². The van der Waals surface area contributed by atoms with Crippen molar-refractivity contribution in [1.82, 2.24) is 4.90 Å². The largest absolute Gasteiger partial charge is 0.391 e. The van der Waals surface area contributed by atoms with Gasteiger partial charge < -0.3 is 9.84 Å². The summed E-state index contributed by atoms with van der Waals surface area (Å²) in [4.78, 5) is 2.57. The Balaban J connectivity index is 1.72. The highest BCUT2D eigenvalue weighted by Gasteiger charge is 2.41. The third-order valence-corrected chi connectivity index (χ3v) is 4.65. The van der Waals surface area contributed by atoms with Gasteiger partial charge in [-0.3, -0.25) is 4.90 Å². The molecule has 0 amide bonds. The Hall–Kier alpha value is -0.120. The van der Waals surface area contributed by atoms with Crippen molar-refractivity contribution < 1.29 is 9.84 Å². The SMILES string of the molecule is OC1CCCC1N1CCOC2CCCCC21. The van der Waals surface area contributed by atoms with Crippen LogP contribution in [0.4, 0.5) is 0 Å². The molecule has 1 aliphatic heterocycles. The molecule has 0 aromatic carbocycles. The smallest absolute Gasteiger partial charge is 0.0731 e. The number of hydrogen-bond donors (Lipinski definition) is 1. The van der Waals surface area contributed by atoms with E-state index in [9.17, 15) is 5.11 Å². The number of morpholine rings is 1. The van der Waals surface area contributed by atoms with Crippen LogP contribution in [0, 0.1) is 0 Å². The molecule has 3 rings (SSSR count). The summed E-state index contributed by atoms with van der Waals surface area (Å²) in [6.45, 7) is 1.90. The maximum absolute atomic E-state index is 10.0. The van der Waals surface area contributed by atoms with Gasteiger partial charge in [0.2, 0.25) is 0 Å². The second-order valence-corrected chi connectivity index (χ2v) is 5.56. The van der Waals surface area contributed by atoms with E-state index in [0.717, 1.165) is 19.6 Å². The first-order valence-corrected chi connectivity index (χ1v) is 6.91. The van der Waals surface area contributed by atoms with Crippen molar-refractivity contribution in [3.05, 3.63) is 0 Å². The van der Waals surface area contributed by atoms with Crippen LogP contribution in [-0.4, -0.2) is 47.4 Å². The van der Waals surface area contributed by atoms with Crippen LogP contribution >= 0.6 is 0 Å². The van der Waals surface area contributed by atoms with Crippen molar-refractivity contribution in [2.75, 3.05) is 13.2 Å². The summed E-state index contributed by atoms with van der Waals surface area (Å²) in [6, 6.07) is 1.02. The highest BCUT2D eigenvalue weighted by atomic mass is 16.5. The molecular formula is C13H23NO2. The lowest BCUT2D eigenvalue weighted by atomic mass is 9.89. The summed E-state index contributed by atoms with van der Waals surface area (Å²) >= 11 is 0. The van der Waals surface area contributed by atoms with Gasteiger partial charge >= 0.3 is 0 Å². The molecule has 3 aliphatic rings. The molecule has 0 aromatic rings. The summed E-state index contributed by atoms with van der Waals surface area (Å²) in [6.07, 6.45) is 8.91. The lowest BCUT2D eigenvalue weighted by Crippen LogP contribution is -2.57. The Morgan fingerprint density at radius 3 is 2.56 bits per heavy atom. The Kier molecular flexibility index (Phi) is 3.18. The van der Waals surface area contributed by atoms with E-state index in [-0.39, 0.29) is 6.10 Å². The molecule has 92 valence electrons. The standard InChI is InChI=1S/C13H23NO2/c15-12-6-3-5-10(12)14-8-9-16-13-7-2-1-4-11(13)14/h10-13,15H,1-9H2. The number of nitrogens with zero attached hydrogens (tertiary/aromatic N) is 1. The maximum Gasteiger partial charge on any atom is 0.0731 e. The molecule has 0 bridgehead atoms. The van der Waals surface area contributed by atoms with Crippen LogP contribution < -0.4 is 0 Å². The van der Waals surface area contributed by atoms with Crippen LogP contribution in [-0.2, 0) is 4.74 Å². The monoisotopic (exact) mass is 225 g/mol. The van der Waals surface area contributed by atoms with Gasteiger partial charge in [0.05, 0.1) is 18.8 Å². The summed E-state index contributed by atoms with van der Waals surface area (Å²) in [5.74, 6) is 0. The van der Waals surface area contributed by atoms with Gasteiger partial charge in [-0.15, -0.1) is 0 Å². The van der Waals surface area contributed by atoms with Crippen LogP contribution in [0.5, 0.6) is 0 Å². The van der Waals surface area contributed by atoms with Crippen molar-refractivity contribution in [3.63, 3.8) is 0 Å². The normalized spacial score (nSPS) is 45.6. The van der Waals surface area contributed by atoms with Crippen molar-refractivity contribution in [3.8, 4) is 0 Å². The van der Waals surface area contributed by atoms with Crippen LogP contribution in [0.1, 0.15) is 44.9 Å². The molecule has 1 N–H and O–H groups in total. The van der Waals surface area contributed by atoms with Gasteiger partial charge in [-0.2, -0.15) is 0 Å². The topological polar surface area (TPSA) is 32.7 Å². The average molecular weight is 225 g/mol. The lowest BCUT2D eigenvalue weighted by molar-refractivity contribution is -0.113. The third kappa shape index (κ3) is 1.89. The highest BCUT2D eigenvalue weighted by molar-refractivity contribution is 4.94. The first-order valence-electron chi connectivity index (χ1n) is 6.91. The molecule has 3 nitrogen and oxygen atoms in total.